The highest BCUT2D eigenvalue weighted by Gasteiger charge is 2.07. The molecule has 0 saturated heterocycles. The second-order valence-electron chi connectivity index (χ2n) is 3.96. The molecule has 0 amide bonds. The van der Waals surface area contributed by atoms with Crippen LogP contribution >= 0.6 is 22.9 Å². The quantitative estimate of drug-likeness (QED) is 0.437. The molecule has 1 rings (SSSR count). The van der Waals surface area contributed by atoms with Crippen LogP contribution in [-0.2, 0) is 0 Å². The van der Waals surface area contributed by atoms with Gasteiger partial charge in [0.15, 0.2) is 0 Å². The molecule has 1 nitrogen and oxygen atoms in total. The third-order valence-corrected chi connectivity index (χ3v) is 3.35. The van der Waals surface area contributed by atoms with Crippen LogP contribution in [0.1, 0.15) is 45.4 Å². The van der Waals surface area contributed by atoms with E-state index in [1.54, 1.807) is 0 Å². The molecule has 0 heterocycles. The Balaban J connectivity index is 2.11. The van der Waals surface area contributed by atoms with Crippen molar-refractivity contribution in [1.82, 2.24) is 3.53 Å². The smallest absolute Gasteiger partial charge is 0.0560 e. The SMILES string of the molecule is CCCCCCC1C=CC(NI)=CC1. The lowest BCUT2D eigenvalue weighted by Crippen LogP contribution is -2.04. The standard InChI is InChI=1S/C12H20IN/c1-2-3-4-5-6-11-7-9-12(14-13)10-8-11/h7,9-11,14H,2-6,8H2,1H3. The molecular formula is C12H20IN. The minimum Gasteiger partial charge on any atom is -0.329 e. The predicted molar refractivity (Wildman–Crippen MR) is 71.2 cm³/mol. The van der Waals surface area contributed by atoms with E-state index in [1.165, 1.54) is 44.2 Å². The number of rotatable bonds is 6. The van der Waals surface area contributed by atoms with Crippen molar-refractivity contribution in [2.45, 2.75) is 45.4 Å². The van der Waals surface area contributed by atoms with Crippen LogP contribution in [0.25, 0.3) is 0 Å². The number of hydrogen-bond donors (Lipinski definition) is 1. The lowest BCUT2D eigenvalue weighted by molar-refractivity contribution is 0.530. The first kappa shape index (κ1) is 12.1. The topological polar surface area (TPSA) is 12.0 Å². The lowest BCUT2D eigenvalue weighted by Gasteiger charge is -2.15. The van der Waals surface area contributed by atoms with Gasteiger partial charge in [0.1, 0.15) is 0 Å². The first-order valence-corrected chi connectivity index (χ1v) is 6.69. The highest BCUT2D eigenvalue weighted by atomic mass is 127. The third kappa shape index (κ3) is 4.49. The molecule has 1 N–H and O–H groups in total. The zero-order chi connectivity index (χ0) is 10.2. The molecule has 1 aliphatic carbocycles. The Labute approximate surface area is 102 Å². The predicted octanol–water partition coefficient (Wildman–Crippen LogP) is 4.36. The van der Waals surface area contributed by atoms with Crippen LogP contribution in [0, 0.1) is 5.92 Å². The van der Waals surface area contributed by atoms with Crippen LogP contribution < -0.4 is 3.53 Å². The van der Waals surface area contributed by atoms with Crippen LogP contribution in [0.4, 0.5) is 0 Å². The van der Waals surface area contributed by atoms with Gasteiger partial charge in [0.25, 0.3) is 0 Å². The van der Waals surface area contributed by atoms with Gasteiger partial charge in [-0.25, -0.2) is 0 Å². The third-order valence-electron chi connectivity index (χ3n) is 2.73. The van der Waals surface area contributed by atoms with Gasteiger partial charge in [0, 0.05) is 5.70 Å². The number of hydrogen-bond acceptors (Lipinski definition) is 1. The zero-order valence-corrected chi connectivity index (χ0v) is 11.1. The normalized spacial score (nSPS) is 20.7. The molecule has 0 aromatic carbocycles. The minimum absolute atomic E-state index is 0.792. The highest BCUT2D eigenvalue weighted by Crippen LogP contribution is 2.21. The van der Waals surface area contributed by atoms with Crippen LogP contribution in [0.15, 0.2) is 23.9 Å². The Morgan fingerprint density at radius 2 is 2.29 bits per heavy atom. The average Bonchev–Trinajstić information content (AvgIpc) is 2.25. The van der Waals surface area contributed by atoms with Crippen LogP contribution in [0.3, 0.4) is 0 Å². The van der Waals surface area contributed by atoms with Gasteiger partial charge >= 0.3 is 0 Å². The Morgan fingerprint density at radius 1 is 1.43 bits per heavy atom. The summed E-state index contributed by atoms with van der Waals surface area (Å²) in [4.78, 5) is 0. The van der Waals surface area contributed by atoms with E-state index in [2.05, 4.69) is 51.5 Å². The van der Waals surface area contributed by atoms with Gasteiger partial charge in [-0.3, -0.25) is 0 Å². The number of allylic oxidation sites excluding steroid dienone is 3. The number of halogens is 1. The largest absolute Gasteiger partial charge is 0.329 e. The zero-order valence-electron chi connectivity index (χ0n) is 8.93. The van der Waals surface area contributed by atoms with E-state index in [4.69, 9.17) is 0 Å². The summed E-state index contributed by atoms with van der Waals surface area (Å²) >= 11 is 2.18. The molecule has 0 saturated carbocycles. The van der Waals surface area contributed by atoms with E-state index >= 15 is 0 Å². The Bertz CT molecular complexity index is 208. The molecule has 0 spiro atoms. The van der Waals surface area contributed by atoms with Crippen molar-refractivity contribution in [2.75, 3.05) is 0 Å². The molecule has 1 atom stereocenters. The van der Waals surface area contributed by atoms with Crippen molar-refractivity contribution < 1.29 is 0 Å². The summed E-state index contributed by atoms with van der Waals surface area (Å²) in [7, 11) is 0. The van der Waals surface area contributed by atoms with E-state index in [1.807, 2.05) is 0 Å². The fourth-order valence-electron chi connectivity index (χ4n) is 1.78. The summed E-state index contributed by atoms with van der Waals surface area (Å²) in [6.45, 7) is 2.27. The van der Waals surface area contributed by atoms with Gasteiger partial charge in [-0.1, -0.05) is 44.8 Å². The molecule has 0 aliphatic heterocycles. The molecule has 2 heteroatoms. The molecule has 0 radical (unpaired) electrons. The van der Waals surface area contributed by atoms with E-state index in [0.717, 1.165) is 5.92 Å². The van der Waals surface area contributed by atoms with Crippen molar-refractivity contribution in [1.29, 1.82) is 0 Å². The molecule has 1 unspecified atom stereocenters. The Hall–Kier alpha value is 0.01000. The minimum atomic E-state index is 0.792. The Morgan fingerprint density at radius 3 is 2.86 bits per heavy atom. The van der Waals surface area contributed by atoms with E-state index < -0.39 is 0 Å². The van der Waals surface area contributed by atoms with Gasteiger partial charge in [0.05, 0.1) is 22.9 Å². The monoisotopic (exact) mass is 305 g/mol. The summed E-state index contributed by atoms with van der Waals surface area (Å²) < 4.78 is 3.15. The maximum Gasteiger partial charge on any atom is 0.0560 e. The van der Waals surface area contributed by atoms with Crippen molar-refractivity contribution >= 4 is 22.9 Å². The summed E-state index contributed by atoms with van der Waals surface area (Å²) in [5, 5.41) is 0. The molecule has 0 fully saturated rings. The first-order valence-electron chi connectivity index (χ1n) is 5.61. The fraction of sp³-hybridized carbons (Fsp3) is 0.667. The van der Waals surface area contributed by atoms with Crippen molar-refractivity contribution in [2.24, 2.45) is 5.92 Å². The first-order chi connectivity index (χ1) is 6.86. The lowest BCUT2D eigenvalue weighted by atomic mass is 9.93. The fourth-order valence-corrected chi connectivity index (χ4v) is 2.18. The molecule has 80 valence electrons. The van der Waals surface area contributed by atoms with Gasteiger partial charge < -0.3 is 3.53 Å². The number of nitrogens with one attached hydrogen (secondary N) is 1. The molecule has 14 heavy (non-hydrogen) atoms. The molecule has 0 aromatic heterocycles. The van der Waals surface area contributed by atoms with Gasteiger partial charge in [0.2, 0.25) is 0 Å². The van der Waals surface area contributed by atoms with Crippen LogP contribution in [-0.4, -0.2) is 0 Å². The second-order valence-corrected chi connectivity index (χ2v) is 4.50. The second kappa shape index (κ2) is 7.32. The van der Waals surface area contributed by atoms with E-state index in [9.17, 15) is 0 Å². The number of unbranched alkanes of at least 4 members (excludes halogenated alkanes) is 3. The van der Waals surface area contributed by atoms with E-state index in [-0.39, 0.29) is 0 Å². The molecule has 0 bridgehead atoms. The van der Waals surface area contributed by atoms with Crippen molar-refractivity contribution in [3.63, 3.8) is 0 Å². The summed E-state index contributed by atoms with van der Waals surface area (Å²) in [6, 6.07) is 0. The van der Waals surface area contributed by atoms with Gasteiger partial charge in [-0.15, -0.1) is 0 Å². The van der Waals surface area contributed by atoms with Crippen molar-refractivity contribution in [3.8, 4) is 0 Å². The van der Waals surface area contributed by atoms with Crippen LogP contribution in [0.5, 0.6) is 0 Å². The average molecular weight is 305 g/mol. The van der Waals surface area contributed by atoms with E-state index in [0.29, 0.717) is 0 Å². The maximum atomic E-state index is 3.15. The van der Waals surface area contributed by atoms with Gasteiger partial charge in [-0.2, -0.15) is 0 Å². The summed E-state index contributed by atoms with van der Waals surface area (Å²) in [5.74, 6) is 0.792. The summed E-state index contributed by atoms with van der Waals surface area (Å²) in [6.07, 6.45) is 15.0. The molecular weight excluding hydrogens is 285 g/mol. The Kier molecular flexibility index (Phi) is 6.32. The highest BCUT2D eigenvalue weighted by molar-refractivity contribution is 14.1. The summed E-state index contributed by atoms with van der Waals surface area (Å²) in [5.41, 5.74) is 1.26. The van der Waals surface area contributed by atoms with Crippen molar-refractivity contribution in [3.05, 3.63) is 23.9 Å². The molecule has 0 aromatic rings. The van der Waals surface area contributed by atoms with Gasteiger partial charge in [-0.05, 0) is 24.8 Å². The molecule has 1 aliphatic rings. The maximum absolute atomic E-state index is 3.15. The van der Waals surface area contributed by atoms with Crippen LogP contribution in [0.2, 0.25) is 0 Å².